The highest BCUT2D eigenvalue weighted by molar-refractivity contribution is 7.51. The first-order chi connectivity index (χ1) is 23.6. The predicted octanol–water partition coefficient (Wildman–Crippen LogP) is 12.4. The van der Waals surface area contributed by atoms with Crippen LogP contribution in [0.3, 0.4) is 0 Å². The van der Waals surface area contributed by atoms with Crippen molar-refractivity contribution in [1.82, 2.24) is 0 Å². The summed E-state index contributed by atoms with van der Waals surface area (Å²) in [7, 11) is 3.22. The third-order valence-electron chi connectivity index (χ3n) is 10.7. The Balaban J connectivity index is 4.59. The van der Waals surface area contributed by atoms with Crippen molar-refractivity contribution in [2.45, 2.75) is 232 Å². The van der Waals surface area contributed by atoms with Crippen molar-refractivity contribution < 1.29 is 24.1 Å². The summed E-state index contributed by atoms with van der Waals surface area (Å²) in [4.78, 5) is 40.9. The van der Waals surface area contributed by atoms with Gasteiger partial charge in [-0.05, 0) is 19.8 Å². The zero-order valence-corrected chi connectivity index (χ0v) is 34.8. The molecule has 0 heterocycles. The van der Waals surface area contributed by atoms with Gasteiger partial charge in [0.25, 0.3) is 5.48 Å². The molecule has 0 spiro atoms. The lowest BCUT2D eigenvalue weighted by molar-refractivity contribution is -0.891. The largest absolute Gasteiger partial charge is 0.628 e. The van der Waals surface area contributed by atoms with Crippen molar-refractivity contribution >= 4 is 24.8 Å². The standard InChI is InChI=1S/C43H84NO4P/c1-7-10-12-14-16-18-20-22-24-26-28-30-32-34-36-38-40(45)43(44(4,5)6,42(47)49(48)9-3)41(46)39-37-35-33-31-29-27-25-23-21-19-17-15-13-11-8-2/h7-39H2,1-6H3/p+1. The lowest BCUT2D eigenvalue weighted by Gasteiger charge is -2.41. The summed E-state index contributed by atoms with van der Waals surface area (Å²) in [6.45, 7) is 6.28. The number of unbranched alkanes of at least 4 members (excludes halogenated alkanes) is 28. The van der Waals surface area contributed by atoms with E-state index < -0.39 is 18.8 Å². The van der Waals surface area contributed by atoms with Gasteiger partial charge in [-0.2, -0.15) is 0 Å². The van der Waals surface area contributed by atoms with E-state index in [1.807, 2.05) is 0 Å². The molecule has 0 aliphatic rings. The summed E-state index contributed by atoms with van der Waals surface area (Å²) in [6.07, 6.45) is 38.3. The third kappa shape index (κ3) is 22.2. The molecule has 6 heteroatoms. The highest BCUT2D eigenvalue weighted by Gasteiger charge is 2.62. The SMILES string of the molecule is CCCCCCCCCCCCCCCCCC(=O)C(C(=O)CCCCCCCCCCCCCCCCC)(C(O)=[P+]([O-])CC)[N+](C)(C)C. The van der Waals surface area contributed by atoms with E-state index in [2.05, 4.69) is 13.8 Å². The van der Waals surface area contributed by atoms with E-state index >= 15 is 0 Å². The topological polar surface area (TPSA) is 77.4 Å². The van der Waals surface area contributed by atoms with Crippen LogP contribution in [0, 0.1) is 0 Å². The maximum atomic E-state index is 14.0. The Bertz CT molecular complexity index is 788. The number of hydrogen-bond acceptors (Lipinski definition) is 3. The zero-order valence-electron chi connectivity index (χ0n) is 33.9. The highest BCUT2D eigenvalue weighted by Crippen LogP contribution is 2.33. The van der Waals surface area contributed by atoms with E-state index in [1.165, 1.54) is 154 Å². The molecule has 0 bridgehead atoms. The van der Waals surface area contributed by atoms with Crippen LogP contribution in [0.4, 0.5) is 0 Å². The molecule has 0 amide bonds. The Morgan fingerprint density at radius 2 is 0.694 bits per heavy atom. The summed E-state index contributed by atoms with van der Waals surface area (Å²) >= 11 is 0. The molecular weight excluding hydrogens is 625 g/mol. The van der Waals surface area contributed by atoms with Gasteiger partial charge < -0.3 is 14.5 Å². The summed E-state index contributed by atoms with van der Waals surface area (Å²) in [6, 6.07) is 0. The van der Waals surface area contributed by atoms with Crippen molar-refractivity contribution in [2.24, 2.45) is 0 Å². The summed E-state index contributed by atoms with van der Waals surface area (Å²) < 4.78 is -0.0466. The van der Waals surface area contributed by atoms with Crippen LogP contribution in [0.25, 0.3) is 0 Å². The number of quaternary nitrogens is 1. The molecule has 0 saturated carbocycles. The number of aliphatic hydroxyl groups is 1. The monoisotopic (exact) mass is 711 g/mol. The minimum Gasteiger partial charge on any atom is -0.628 e. The van der Waals surface area contributed by atoms with Crippen LogP contribution in [0.15, 0.2) is 0 Å². The second kappa shape index (κ2) is 32.1. The van der Waals surface area contributed by atoms with Gasteiger partial charge in [-0.15, -0.1) is 0 Å². The lowest BCUT2D eigenvalue weighted by Crippen LogP contribution is -2.71. The van der Waals surface area contributed by atoms with Gasteiger partial charge in [-0.25, -0.2) is 0 Å². The average molecular weight is 711 g/mol. The number of aliphatic hydroxyl groups excluding tert-OH is 1. The van der Waals surface area contributed by atoms with Crippen molar-refractivity contribution in [1.29, 1.82) is 0 Å². The molecule has 1 unspecified atom stereocenters. The number of hydrogen-bond donors (Lipinski definition) is 1. The second-order valence-electron chi connectivity index (χ2n) is 16.0. The molecular formula is C43H85NO4P+. The van der Waals surface area contributed by atoms with Crippen LogP contribution in [0.2, 0.25) is 0 Å². The van der Waals surface area contributed by atoms with Gasteiger partial charge in [-0.1, -0.05) is 194 Å². The van der Waals surface area contributed by atoms with E-state index in [9.17, 15) is 19.6 Å². The first kappa shape index (κ1) is 48.4. The van der Waals surface area contributed by atoms with E-state index in [0.717, 1.165) is 25.7 Å². The fourth-order valence-corrected chi connectivity index (χ4v) is 8.67. The molecule has 0 radical (unpaired) electrons. The van der Waals surface area contributed by atoms with Gasteiger partial charge in [0.15, 0.2) is 0 Å². The number of Topliss-reactive ketones (excluding diaryl/α,β-unsaturated/α-hetero) is 2. The second-order valence-corrected chi connectivity index (χ2v) is 17.8. The number of ketones is 2. The van der Waals surface area contributed by atoms with Gasteiger partial charge in [0.05, 0.1) is 28.9 Å². The molecule has 0 aromatic heterocycles. The van der Waals surface area contributed by atoms with Gasteiger partial charge in [-0.3, -0.25) is 9.59 Å². The molecule has 290 valence electrons. The van der Waals surface area contributed by atoms with Gasteiger partial charge >= 0.3 is 5.54 Å². The molecule has 0 saturated heterocycles. The average Bonchev–Trinajstić information content (AvgIpc) is 3.07. The van der Waals surface area contributed by atoms with Gasteiger partial charge in [0.2, 0.25) is 11.6 Å². The number of rotatable bonds is 37. The fraction of sp³-hybridized carbons (Fsp3) is 0.930. The van der Waals surface area contributed by atoms with Crippen molar-refractivity contribution in [3.8, 4) is 0 Å². The van der Waals surface area contributed by atoms with Crippen LogP contribution in [-0.4, -0.2) is 59.5 Å². The third-order valence-corrected chi connectivity index (χ3v) is 12.0. The molecule has 5 nitrogen and oxygen atoms in total. The molecule has 0 aliphatic carbocycles. The molecule has 0 rings (SSSR count). The zero-order chi connectivity index (χ0) is 36.6. The number of nitrogens with zero attached hydrogens (tertiary/aromatic N) is 1. The lowest BCUT2D eigenvalue weighted by atomic mass is 9.81. The Morgan fingerprint density at radius 3 is 0.898 bits per heavy atom. The van der Waals surface area contributed by atoms with Crippen LogP contribution in [0.1, 0.15) is 226 Å². The maximum absolute atomic E-state index is 14.0. The van der Waals surface area contributed by atoms with Crippen molar-refractivity contribution in [2.75, 3.05) is 27.3 Å². The fourth-order valence-electron chi connectivity index (χ4n) is 7.46. The van der Waals surface area contributed by atoms with Gasteiger partial charge in [0, 0.05) is 12.8 Å². The minimum atomic E-state index is -2.17. The van der Waals surface area contributed by atoms with E-state index in [0.29, 0.717) is 12.8 Å². The molecule has 0 aliphatic heterocycles. The van der Waals surface area contributed by atoms with Crippen LogP contribution in [-0.2, 0) is 9.59 Å². The molecule has 49 heavy (non-hydrogen) atoms. The molecule has 0 fully saturated rings. The molecule has 1 N–H and O–H groups in total. The van der Waals surface area contributed by atoms with Crippen molar-refractivity contribution in [3.63, 3.8) is 0 Å². The summed E-state index contributed by atoms with van der Waals surface area (Å²) in [5, 5.41) is 11.3. The first-order valence-electron chi connectivity index (χ1n) is 21.5. The van der Waals surface area contributed by atoms with Gasteiger partial charge in [0.1, 0.15) is 6.16 Å². The quantitative estimate of drug-likeness (QED) is 0.0301. The first-order valence-corrected chi connectivity index (χ1v) is 22.9. The Labute approximate surface area is 307 Å². The maximum Gasteiger partial charge on any atom is 0.302 e. The van der Waals surface area contributed by atoms with E-state index in [4.69, 9.17) is 0 Å². The number of likely N-dealkylation sites (N-methyl/N-ethyl adjacent to an activating group) is 1. The van der Waals surface area contributed by atoms with Crippen LogP contribution < -0.4 is 4.89 Å². The highest BCUT2D eigenvalue weighted by atomic mass is 31.1. The Morgan fingerprint density at radius 1 is 0.469 bits per heavy atom. The summed E-state index contributed by atoms with van der Waals surface area (Å²) in [5.41, 5.74) is -2.13. The molecule has 0 aromatic carbocycles. The number of carbonyl (C=O) groups excluding carboxylic acids is 2. The van der Waals surface area contributed by atoms with Crippen molar-refractivity contribution in [3.05, 3.63) is 0 Å². The normalized spacial score (nSPS) is 12.8. The minimum absolute atomic E-state index is 0.0466. The van der Waals surface area contributed by atoms with Crippen LogP contribution in [0.5, 0.6) is 0 Å². The summed E-state index contributed by atoms with van der Waals surface area (Å²) in [5.74, 6) is -0.509. The Kier molecular flexibility index (Phi) is 31.7. The number of carbonyl (C=O) groups is 2. The Hall–Kier alpha value is -0.610. The molecule has 0 aromatic rings. The van der Waals surface area contributed by atoms with E-state index in [-0.39, 0.29) is 35.1 Å². The molecule has 1 atom stereocenters. The van der Waals surface area contributed by atoms with Crippen LogP contribution >= 0.6 is 7.77 Å². The van der Waals surface area contributed by atoms with E-state index in [1.54, 1.807) is 28.1 Å². The smallest absolute Gasteiger partial charge is 0.302 e. The predicted molar refractivity (Wildman–Crippen MR) is 214 cm³/mol.